The van der Waals surface area contributed by atoms with Crippen molar-refractivity contribution < 1.29 is 8.42 Å². The van der Waals surface area contributed by atoms with Crippen molar-refractivity contribution in [2.45, 2.75) is 17.9 Å². The van der Waals surface area contributed by atoms with Gasteiger partial charge in [-0.05, 0) is 30.7 Å². The summed E-state index contributed by atoms with van der Waals surface area (Å²) in [6, 6.07) is 17.4. The lowest BCUT2D eigenvalue weighted by Gasteiger charge is -2.32. The van der Waals surface area contributed by atoms with Crippen LogP contribution in [-0.2, 0) is 23.0 Å². The molecule has 1 fully saturated rings. The number of hydrogen-bond acceptors (Lipinski definition) is 4. The van der Waals surface area contributed by atoms with Crippen LogP contribution in [0, 0.1) is 0 Å². The third-order valence-electron chi connectivity index (χ3n) is 5.27. The van der Waals surface area contributed by atoms with E-state index < -0.39 is 10.0 Å². The van der Waals surface area contributed by atoms with Gasteiger partial charge in [0, 0.05) is 46.3 Å². The molecule has 7 nitrogen and oxygen atoms in total. The van der Waals surface area contributed by atoms with Crippen molar-refractivity contribution >= 4 is 40.0 Å². The van der Waals surface area contributed by atoms with Crippen LogP contribution in [0.3, 0.4) is 0 Å². The molecule has 9 heteroatoms. The monoisotopic (exact) mass is 557 g/mol. The molecule has 2 aromatic rings. The van der Waals surface area contributed by atoms with Crippen LogP contribution in [0.15, 0.2) is 64.5 Å². The van der Waals surface area contributed by atoms with Gasteiger partial charge in [-0.2, -0.15) is 4.31 Å². The number of piperazine rings is 1. The quantitative estimate of drug-likeness (QED) is 0.310. The maximum absolute atomic E-state index is 13.2. The van der Waals surface area contributed by atoms with E-state index in [4.69, 9.17) is 0 Å². The summed E-state index contributed by atoms with van der Waals surface area (Å²) >= 11 is 0. The molecule has 2 N–H and O–H groups in total. The fourth-order valence-electron chi connectivity index (χ4n) is 3.44. The van der Waals surface area contributed by atoms with E-state index in [0.29, 0.717) is 30.5 Å². The number of guanidine groups is 1. The SMILES string of the molecule is CN=C(NCCc1ccccc1)NCc1ccccc1S(=O)(=O)N1CCN(C)CC1.I. The number of likely N-dealkylation sites (N-methyl/N-ethyl adjacent to an activating group) is 1. The van der Waals surface area contributed by atoms with Crippen LogP contribution in [0.5, 0.6) is 0 Å². The Balaban J connectivity index is 0.00000341. The number of nitrogens with zero attached hydrogens (tertiary/aromatic N) is 3. The molecule has 2 aromatic carbocycles. The largest absolute Gasteiger partial charge is 0.356 e. The van der Waals surface area contributed by atoms with E-state index in [1.165, 1.54) is 5.56 Å². The molecule has 1 aliphatic rings. The van der Waals surface area contributed by atoms with Crippen molar-refractivity contribution in [3.05, 3.63) is 65.7 Å². The molecule has 0 spiro atoms. The van der Waals surface area contributed by atoms with Gasteiger partial charge in [0.25, 0.3) is 0 Å². The molecular weight excluding hydrogens is 525 g/mol. The molecule has 0 bridgehead atoms. The Morgan fingerprint density at radius 2 is 1.61 bits per heavy atom. The number of halogens is 1. The topological polar surface area (TPSA) is 77.0 Å². The first-order valence-corrected chi connectivity index (χ1v) is 11.7. The molecule has 0 aromatic heterocycles. The van der Waals surface area contributed by atoms with Gasteiger partial charge < -0.3 is 15.5 Å². The molecule has 0 radical (unpaired) electrons. The zero-order valence-electron chi connectivity index (χ0n) is 18.1. The summed E-state index contributed by atoms with van der Waals surface area (Å²) in [5.74, 6) is 0.651. The summed E-state index contributed by atoms with van der Waals surface area (Å²) in [4.78, 5) is 6.76. The summed E-state index contributed by atoms with van der Waals surface area (Å²) in [6.07, 6.45) is 0.885. The predicted molar refractivity (Wildman–Crippen MR) is 136 cm³/mol. The maximum atomic E-state index is 13.2. The van der Waals surface area contributed by atoms with E-state index in [1.807, 2.05) is 37.4 Å². The summed E-state index contributed by atoms with van der Waals surface area (Å²) < 4.78 is 28.0. The van der Waals surface area contributed by atoms with Gasteiger partial charge in [0.2, 0.25) is 10.0 Å². The minimum Gasteiger partial charge on any atom is -0.356 e. The van der Waals surface area contributed by atoms with E-state index in [-0.39, 0.29) is 24.0 Å². The number of rotatable bonds is 7. The average Bonchev–Trinajstić information content (AvgIpc) is 2.77. The Morgan fingerprint density at radius 1 is 0.968 bits per heavy atom. The highest BCUT2D eigenvalue weighted by Gasteiger charge is 2.29. The lowest BCUT2D eigenvalue weighted by molar-refractivity contribution is 0.222. The number of hydrogen-bond donors (Lipinski definition) is 2. The number of benzene rings is 2. The van der Waals surface area contributed by atoms with Gasteiger partial charge in [-0.3, -0.25) is 4.99 Å². The van der Waals surface area contributed by atoms with E-state index in [1.54, 1.807) is 23.5 Å². The highest BCUT2D eigenvalue weighted by atomic mass is 127. The predicted octanol–water partition coefficient (Wildman–Crippen LogP) is 2.15. The first-order valence-electron chi connectivity index (χ1n) is 10.3. The maximum Gasteiger partial charge on any atom is 0.243 e. The van der Waals surface area contributed by atoms with E-state index in [9.17, 15) is 8.42 Å². The molecule has 1 heterocycles. The molecule has 0 amide bonds. The van der Waals surface area contributed by atoms with Crippen molar-refractivity contribution in [3.8, 4) is 0 Å². The van der Waals surface area contributed by atoms with Crippen molar-refractivity contribution in [2.24, 2.45) is 4.99 Å². The van der Waals surface area contributed by atoms with Crippen LogP contribution < -0.4 is 10.6 Å². The average molecular weight is 558 g/mol. The Bertz CT molecular complexity index is 945. The third-order valence-corrected chi connectivity index (χ3v) is 7.27. The van der Waals surface area contributed by atoms with E-state index in [0.717, 1.165) is 31.6 Å². The standard InChI is InChI=1S/C22H31N5O2S.HI/c1-23-22(24-13-12-19-8-4-3-5-9-19)25-18-20-10-6-7-11-21(20)30(28,29)27-16-14-26(2)15-17-27;/h3-11H,12-18H2,1-2H3,(H2,23,24,25);1H. The third kappa shape index (κ3) is 7.16. The summed E-state index contributed by atoms with van der Waals surface area (Å²) in [7, 11) is 0.208. The van der Waals surface area contributed by atoms with Crippen LogP contribution >= 0.6 is 24.0 Å². The van der Waals surface area contributed by atoms with E-state index in [2.05, 4.69) is 32.7 Å². The van der Waals surface area contributed by atoms with Crippen LogP contribution in [0.2, 0.25) is 0 Å². The van der Waals surface area contributed by atoms with Crippen molar-refractivity contribution in [2.75, 3.05) is 46.8 Å². The van der Waals surface area contributed by atoms with Crippen molar-refractivity contribution in [3.63, 3.8) is 0 Å². The Kier molecular flexibility index (Phi) is 10.2. The lowest BCUT2D eigenvalue weighted by Crippen LogP contribution is -2.47. The molecule has 1 saturated heterocycles. The van der Waals surface area contributed by atoms with Gasteiger partial charge in [0.15, 0.2) is 5.96 Å². The second kappa shape index (κ2) is 12.4. The molecule has 31 heavy (non-hydrogen) atoms. The van der Waals surface area contributed by atoms with Gasteiger partial charge in [-0.25, -0.2) is 8.42 Å². The van der Waals surface area contributed by atoms with Crippen LogP contribution in [-0.4, -0.2) is 70.4 Å². The molecule has 1 aliphatic heterocycles. The molecule has 0 saturated carbocycles. The molecular formula is C22H32IN5O2S. The second-order valence-corrected chi connectivity index (χ2v) is 9.31. The molecule has 3 rings (SSSR count). The Morgan fingerprint density at radius 3 is 2.29 bits per heavy atom. The highest BCUT2D eigenvalue weighted by Crippen LogP contribution is 2.21. The van der Waals surface area contributed by atoms with Gasteiger partial charge in [0.05, 0.1) is 4.90 Å². The first-order chi connectivity index (χ1) is 14.5. The van der Waals surface area contributed by atoms with Crippen molar-refractivity contribution in [1.29, 1.82) is 0 Å². The zero-order valence-corrected chi connectivity index (χ0v) is 21.3. The minimum absolute atomic E-state index is 0. The van der Waals surface area contributed by atoms with Gasteiger partial charge in [-0.1, -0.05) is 48.5 Å². The second-order valence-electron chi connectivity index (χ2n) is 7.40. The molecule has 0 unspecified atom stereocenters. The fraction of sp³-hybridized carbons (Fsp3) is 0.409. The summed E-state index contributed by atoms with van der Waals surface area (Å²) in [5, 5.41) is 6.53. The number of sulfonamides is 1. The first kappa shape index (κ1) is 25.6. The van der Waals surface area contributed by atoms with Crippen LogP contribution in [0.4, 0.5) is 0 Å². The number of aliphatic imine (C=N–C) groups is 1. The number of nitrogens with one attached hydrogen (secondary N) is 2. The van der Waals surface area contributed by atoms with E-state index >= 15 is 0 Å². The Hall–Kier alpha value is -1.69. The van der Waals surface area contributed by atoms with Crippen LogP contribution in [0.1, 0.15) is 11.1 Å². The Labute approximate surface area is 203 Å². The van der Waals surface area contributed by atoms with Gasteiger partial charge >= 0.3 is 0 Å². The van der Waals surface area contributed by atoms with Gasteiger partial charge in [-0.15, -0.1) is 24.0 Å². The highest BCUT2D eigenvalue weighted by molar-refractivity contribution is 14.0. The van der Waals surface area contributed by atoms with Crippen LogP contribution in [0.25, 0.3) is 0 Å². The molecule has 170 valence electrons. The smallest absolute Gasteiger partial charge is 0.243 e. The molecule has 0 atom stereocenters. The molecule has 0 aliphatic carbocycles. The summed E-state index contributed by atoms with van der Waals surface area (Å²) in [6.45, 7) is 3.65. The fourth-order valence-corrected chi connectivity index (χ4v) is 5.08. The minimum atomic E-state index is -3.52. The lowest BCUT2D eigenvalue weighted by atomic mass is 10.1. The summed E-state index contributed by atoms with van der Waals surface area (Å²) in [5.41, 5.74) is 1.99. The van der Waals surface area contributed by atoms with Crippen molar-refractivity contribution in [1.82, 2.24) is 19.8 Å². The normalized spacial score (nSPS) is 15.9. The zero-order chi connectivity index (χ0) is 21.4. The van der Waals surface area contributed by atoms with Gasteiger partial charge in [0.1, 0.15) is 0 Å².